The van der Waals surface area contributed by atoms with Gasteiger partial charge in [-0.25, -0.2) is 18.9 Å². The number of carbonyl (C=O) groups excluding carboxylic acids is 1. The second-order valence-electron chi connectivity index (χ2n) is 14.4. The van der Waals surface area contributed by atoms with Crippen molar-refractivity contribution in [1.82, 2.24) is 14.8 Å². The average Bonchev–Trinajstić information content (AvgIpc) is 3.63. The third kappa shape index (κ3) is 3.77. The lowest BCUT2D eigenvalue weighted by atomic mass is 9.45. The molecule has 1 aliphatic heterocycles. The fourth-order valence-electron chi connectivity index (χ4n) is 9.62. The van der Waals surface area contributed by atoms with Crippen LogP contribution in [0.3, 0.4) is 0 Å². The Balaban J connectivity index is 1.26. The van der Waals surface area contributed by atoms with E-state index in [2.05, 4.69) is 11.9 Å². The summed E-state index contributed by atoms with van der Waals surface area (Å²) in [4.78, 5) is 28.4. The summed E-state index contributed by atoms with van der Waals surface area (Å²) in [5.41, 5.74) is -0.514. The predicted octanol–water partition coefficient (Wildman–Crippen LogP) is 3.30. The van der Waals surface area contributed by atoms with Gasteiger partial charge in [-0.05, 0) is 74.5 Å². The lowest BCUT2D eigenvalue weighted by molar-refractivity contribution is -0.228. The fraction of sp³-hybridized carbons (Fsp3) is 0.700. The zero-order valence-electron chi connectivity index (χ0n) is 24.9. The zero-order valence-corrected chi connectivity index (χ0v) is 26.6. The van der Waals surface area contributed by atoms with Crippen molar-refractivity contribution in [3.63, 3.8) is 0 Å². The molecule has 5 aliphatic rings. The van der Waals surface area contributed by atoms with Crippen LogP contribution in [-0.2, 0) is 20.7 Å². The summed E-state index contributed by atoms with van der Waals surface area (Å²) in [5, 5.41) is 27.4. The van der Waals surface area contributed by atoms with Crippen LogP contribution in [0.2, 0.25) is 0 Å². The van der Waals surface area contributed by atoms with Crippen molar-refractivity contribution in [3.05, 3.63) is 29.2 Å². The summed E-state index contributed by atoms with van der Waals surface area (Å²) < 4.78 is 31.6. The van der Waals surface area contributed by atoms with Gasteiger partial charge in [0.1, 0.15) is 12.8 Å². The molecular formula is C30H40FN3O6PS+. The quantitative estimate of drug-likeness (QED) is 0.445. The summed E-state index contributed by atoms with van der Waals surface area (Å²) in [7, 11) is -2.21. The first-order chi connectivity index (χ1) is 19.5. The fourth-order valence-corrected chi connectivity index (χ4v) is 11.7. The maximum Gasteiger partial charge on any atom is 0.214 e. The molecule has 2 aromatic heterocycles. The van der Waals surface area contributed by atoms with Crippen molar-refractivity contribution in [2.24, 2.45) is 28.6 Å². The largest absolute Gasteiger partial charge is 0.393 e. The zero-order chi connectivity index (χ0) is 30.2. The lowest BCUT2D eigenvalue weighted by Gasteiger charge is -2.61. The topological polar surface area (TPSA) is 127 Å². The van der Waals surface area contributed by atoms with Crippen molar-refractivity contribution in [2.45, 2.75) is 83.1 Å². The number of fused-ring (bicyclic) bond motifs is 8. The number of Topliss-reactive ketones (excluding diaryl/α,β-unsaturated/α-hetero) is 1. The molecule has 4 fully saturated rings. The van der Waals surface area contributed by atoms with Gasteiger partial charge < -0.3 is 19.7 Å². The number of allylic oxidation sites excluding steroid dienone is 1. The monoisotopic (exact) mass is 620 g/mol. The molecule has 0 bridgehead atoms. The van der Waals surface area contributed by atoms with Gasteiger partial charge in [0, 0.05) is 17.0 Å². The number of halogens is 1. The molecule has 0 amide bonds. The van der Waals surface area contributed by atoms with Crippen LogP contribution < -0.4 is 4.62 Å². The maximum absolute atomic E-state index is 16.3. The van der Waals surface area contributed by atoms with E-state index in [0.717, 1.165) is 10.2 Å². The van der Waals surface area contributed by atoms with E-state index in [4.69, 9.17) is 14.6 Å². The molecule has 2 aromatic rings. The number of hydrogen-bond donors (Lipinski definition) is 3. The maximum atomic E-state index is 16.3. The summed E-state index contributed by atoms with van der Waals surface area (Å²) in [6.07, 6.45) is 4.49. The number of aromatic nitrogens is 3. The summed E-state index contributed by atoms with van der Waals surface area (Å²) in [6.45, 7) is 10.5. The van der Waals surface area contributed by atoms with E-state index < -0.39 is 60.5 Å². The van der Waals surface area contributed by atoms with Crippen molar-refractivity contribution in [2.75, 3.05) is 19.9 Å². The van der Waals surface area contributed by atoms with Gasteiger partial charge in [-0.2, -0.15) is 5.10 Å². The first-order valence-electron chi connectivity index (χ1n) is 14.7. The van der Waals surface area contributed by atoms with Crippen LogP contribution in [0, 0.1) is 28.6 Å². The molecule has 9 atom stereocenters. The number of alkyl halides is 1. The molecule has 7 rings (SSSR count). The molecule has 0 spiro atoms. The number of rotatable bonds is 4. The van der Waals surface area contributed by atoms with Crippen LogP contribution in [-0.4, -0.2) is 85.4 Å². The van der Waals surface area contributed by atoms with Gasteiger partial charge in [0.15, 0.2) is 29.3 Å². The minimum Gasteiger partial charge on any atom is -0.393 e. The molecule has 1 saturated heterocycles. The number of carbonyl (C=O) groups is 1. The summed E-state index contributed by atoms with van der Waals surface area (Å²) in [5.74, 6) is -1.99. The molecule has 4 aliphatic carbocycles. The Morgan fingerprint density at radius 3 is 2.67 bits per heavy atom. The molecule has 3 saturated carbocycles. The molecule has 3 heterocycles. The van der Waals surface area contributed by atoms with Gasteiger partial charge in [-0.1, -0.05) is 25.2 Å². The first kappa shape index (κ1) is 29.1. The third-order valence-corrected chi connectivity index (χ3v) is 14.7. The normalized spacial score (nSPS) is 41.8. The van der Waals surface area contributed by atoms with Crippen LogP contribution in [0.5, 0.6) is 0 Å². The number of ether oxygens (including phenoxy) is 2. The highest BCUT2D eigenvalue weighted by Crippen LogP contribution is 2.71. The van der Waals surface area contributed by atoms with Crippen molar-refractivity contribution >= 4 is 35.3 Å². The number of thiazole rings is 1. The minimum atomic E-state index is -2.21. The Morgan fingerprint density at radius 2 is 2.00 bits per heavy atom. The molecule has 0 radical (unpaired) electrons. The van der Waals surface area contributed by atoms with E-state index >= 15 is 4.39 Å². The molecule has 0 aromatic carbocycles. The Bertz CT molecular complexity index is 1500. The smallest absolute Gasteiger partial charge is 0.214 e. The Labute approximate surface area is 249 Å². The van der Waals surface area contributed by atoms with Gasteiger partial charge in [0.2, 0.25) is 5.13 Å². The number of hydrogen-bond acceptors (Lipinski definition) is 9. The molecule has 42 heavy (non-hydrogen) atoms. The summed E-state index contributed by atoms with van der Waals surface area (Å²) >= 11 is 1.41. The molecule has 9 nitrogen and oxygen atoms in total. The van der Waals surface area contributed by atoms with E-state index in [1.165, 1.54) is 11.3 Å². The second kappa shape index (κ2) is 8.99. The van der Waals surface area contributed by atoms with Crippen molar-refractivity contribution in [1.29, 1.82) is 0 Å². The molecule has 12 heteroatoms. The third-order valence-electron chi connectivity index (χ3n) is 11.1. The van der Waals surface area contributed by atoms with Crippen LogP contribution in [0.15, 0.2) is 18.0 Å². The SMILES string of the molecule is CC1(C)O[C@@H]2C[C@H]3[C@@H]4C[C@H](F)C5=Cc6nn(-c7ncc([P+](C)(C)O)s7)cc6C[C@]5(C)[C@H]4[C@@H](O)C[C@]3(C)[C@]2(C(=O)CO)O1. The van der Waals surface area contributed by atoms with Crippen molar-refractivity contribution in [3.8, 4) is 5.13 Å². The van der Waals surface area contributed by atoms with Gasteiger partial charge in [-0.15, -0.1) is 0 Å². The van der Waals surface area contributed by atoms with Crippen LogP contribution in [0.1, 0.15) is 58.2 Å². The van der Waals surface area contributed by atoms with Gasteiger partial charge >= 0.3 is 0 Å². The molecule has 0 unspecified atom stereocenters. The van der Waals surface area contributed by atoms with Crippen molar-refractivity contribution < 1.29 is 33.8 Å². The van der Waals surface area contributed by atoms with Crippen LogP contribution in [0.25, 0.3) is 11.2 Å². The van der Waals surface area contributed by atoms with E-state index in [1.807, 2.05) is 32.5 Å². The van der Waals surface area contributed by atoms with E-state index in [1.54, 1.807) is 24.7 Å². The number of nitrogens with zero attached hydrogens (tertiary/aromatic N) is 3. The Kier molecular flexibility index (Phi) is 6.24. The average molecular weight is 621 g/mol. The van der Waals surface area contributed by atoms with Gasteiger partial charge in [0.05, 0.1) is 37.4 Å². The molecular weight excluding hydrogens is 580 g/mol. The van der Waals surface area contributed by atoms with Crippen LogP contribution in [0.4, 0.5) is 4.39 Å². The summed E-state index contributed by atoms with van der Waals surface area (Å²) in [6, 6.07) is 0. The highest BCUT2D eigenvalue weighted by Gasteiger charge is 2.77. The Morgan fingerprint density at radius 1 is 1.26 bits per heavy atom. The lowest BCUT2D eigenvalue weighted by Crippen LogP contribution is -2.65. The highest BCUT2D eigenvalue weighted by atomic mass is 32.1. The van der Waals surface area contributed by atoms with E-state index in [-0.39, 0.29) is 24.2 Å². The standard InChI is InChI=1S/C30H40FN3O6PS/c1-27(2)39-23-9-17-16-7-19(31)18-8-20-15(13-34(33-20)26-32-12-24(42-26)41(5,6)38)10-28(18,3)25(16)21(36)11-29(17,4)30(23,40-27)22(37)14-35/h8,12-13,16-17,19,21,23,25,35-36,38H,7,9-11,14H2,1-6H3/q+1/t16-,17-,19-,21-,23+,25+,28-,29-,30+/m0/s1. The Hall–Kier alpha value is -1.59. The second-order valence-corrected chi connectivity index (χ2v) is 19.0. The van der Waals surface area contributed by atoms with Gasteiger partial charge in [0.25, 0.3) is 0 Å². The van der Waals surface area contributed by atoms with Crippen LogP contribution >= 0.6 is 18.8 Å². The number of aliphatic hydroxyl groups excluding tert-OH is 2. The number of aliphatic hydroxyl groups is 2. The molecule has 3 N–H and O–H groups in total. The van der Waals surface area contributed by atoms with E-state index in [9.17, 15) is 19.9 Å². The molecule has 228 valence electrons. The highest BCUT2D eigenvalue weighted by molar-refractivity contribution is 7.81. The predicted molar refractivity (Wildman–Crippen MR) is 158 cm³/mol. The first-order valence-corrected chi connectivity index (χ1v) is 18.2. The van der Waals surface area contributed by atoms with E-state index in [0.29, 0.717) is 35.7 Å². The van der Waals surface area contributed by atoms with Gasteiger partial charge in [-0.3, -0.25) is 4.79 Å². The minimum absolute atomic E-state index is 0.123. The number of ketones is 1.